The summed E-state index contributed by atoms with van der Waals surface area (Å²) in [5.74, 6) is 0. The van der Waals surface area contributed by atoms with Gasteiger partial charge < -0.3 is 5.32 Å². The Balaban J connectivity index is 2.03. The van der Waals surface area contributed by atoms with Crippen molar-refractivity contribution in [2.24, 2.45) is 7.05 Å². The van der Waals surface area contributed by atoms with Crippen LogP contribution in [0.3, 0.4) is 0 Å². The van der Waals surface area contributed by atoms with E-state index in [1.807, 2.05) is 29.3 Å². The predicted octanol–water partition coefficient (Wildman–Crippen LogP) is 3.72. The second kappa shape index (κ2) is 7.60. The van der Waals surface area contributed by atoms with Gasteiger partial charge in [0, 0.05) is 24.2 Å². The quantitative estimate of drug-likeness (QED) is 0.803. The fourth-order valence-electron chi connectivity index (χ4n) is 2.50. The number of aromatic nitrogens is 2. The van der Waals surface area contributed by atoms with Gasteiger partial charge in [0.15, 0.2) is 0 Å². The molecule has 0 aliphatic heterocycles. The fourth-order valence-corrected chi connectivity index (χ4v) is 3.61. The molecule has 4 heteroatoms. The smallest absolute Gasteiger partial charge is 0.0521 e. The van der Waals surface area contributed by atoms with Crippen molar-refractivity contribution in [3.63, 3.8) is 0 Å². The van der Waals surface area contributed by atoms with Crippen LogP contribution in [0, 0.1) is 0 Å². The molecule has 0 aromatic carbocycles. The number of thiophene rings is 1. The molecule has 1 atom stereocenters. The van der Waals surface area contributed by atoms with E-state index >= 15 is 0 Å². The molecule has 2 aromatic rings. The van der Waals surface area contributed by atoms with Gasteiger partial charge >= 0.3 is 0 Å². The number of nitrogens with one attached hydrogen (secondary N) is 1. The van der Waals surface area contributed by atoms with Crippen molar-refractivity contribution in [2.75, 3.05) is 6.54 Å². The van der Waals surface area contributed by atoms with Gasteiger partial charge in [-0.2, -0.15) is 5.10 Å². The van der Waals surface area contributed by atoms with Crippen molar-refractivity contribution in [3.8, 4) is 0 Å². The van der Waals surface area contributed by atoms with Crippen molar-refractivity contribution in [1.29, 1.82) is 0 Å². The van der Waals surface area contributed by atoms with E-state index < -0.39 is 0 Å². The van der Waals surface area contributed by atoms with Crippen LogP contribution in [0.25, 0.3) is 0 Å². The molecule has 0 saturated heterocycles. The summed E-state index contributed by atoms with van der Waals surface area (Å²) in [6.07, 6.45) is 8.61. The highest BCUT2D eigenvalue weighted by Gasteiger charge is 2.15. The molecule has 0 radical (unpaired) electrons. The minimum Gasteiger partial charge on any atom is -0.309 e. The molecule has 110 valence electrons. The minimum absolute atomic E-state index is 0.477. The van der Waals surface area contributed by atoms with Crippen molar-refractivity contribution in [2.45, 2.75) is 45.6 Å². The summed E-state index contributed by atoms with van der Waals surface area (Å²) in [4.78, 5) is 1.52. The van der Waals surface area contributed by atoms with E-state index in [1.165, 1.54) is 22.4 Å². The molecule has 0 amide bonds. The van der Waals surface area contributed by atoms with Gasteiger partial charge in [-0.05, 0) is 54.8 Å². The van der Waals surface area contributed by atoms with Crippen LogP contribution in [0.1, 0.15) is 48.7 Å². The molecule has 0 fully saturated rings. The van der Waals surface area contributed by atoms with E-state index in [4.69, 9.17) is 0 Å². The second-order valence-corrected chi connectivity index (χ2v) is 6.18. The Bertz CT molecular complexity index is 515. The molecule has 0 aliphatic carbocycles. The highest BCUT2D eigenvalue weighted by Crippen LogP contribution is 2.28. The lowest BCUT2D eigenvalue weighted by molar-refractivity contribution is 0.503. The Morgan fingerprint density at radius 3 is 2.90 bits per heavy atom. The zero-order chi connectivity index (χ0) is 14.4. The molecule has 1 unspecified atom stereocenters. The Hall–Kier alpha value is -1.13. The lowest BCUT2D eigenvalue weighted by Gasteiger charge is -2.18. The van der Waals surface area contributed by atoms with Crippen molar-refractivity contribution >= 4 is 11.3 Å². The summed E-state index contributed by atoms with van der Waals surface area (Å²) in [5.41, 5.74) is 2.82. The Labute approximate surface area is 126 Å². The first-order valence-electron chi connectivity index (χ1n) is 7.51. The van der Waals surface area contributed by atoms with Crippen LogP contribution in [0.15, 0.2) is 23.8 Å². The average Bonchev–Trinajstić information content (AvgIpc) is 3.07. The molecule has 0 spiro atoms. The number of hydrogen-bond acceptors (Lipinski definition) is 3. The lowest BCUT2D eigenvalue weighted by atomic mass is 10.0. The van der Waals surface area contributed by atoms with Crippen LogP contribution in [0.2, 0.25) is 0 Å². The number of hydrogen-bond donors (Lipinski definition) is 1. The molecule has 2 aromatic heterocycles. The summed E-state index contributed by atoms with van der Waals surface area (Å²) in [7, 11) is 1.98. The highest BCUT2D eigenvalue weighted by molar-refractivity contribution is 7.10. The molecule has 1 N–H and O–H groups in total. The molecule has 0 saturated carbocycles. The summed E-state index contributed by atoms with van der Waals surface area (Å²) < 4.78 is 1.88. The molecular weight excluding hydrogens is 266 g/mol. The van der Waals surface area contributed by atoms with E-state index in [0.717, 1.165) is 25.8 Å². The normalized spacial score (nSPS) is 12.8. The van der Waals surface area contributed by atoms with Crippen LogP contribution in [-0.2, 0) is 19.9 Å². The maximum Gasteiger partial charge on any atom is 0.0521 e. The maximum atomic E-state index is 4.25. The van der Waals surface area contributed by atoms with Crippen LogP contribution in [0.4, 0.5) is 0 Å². The summed E-state index contributed by atoms with van der Waals surface area (Å²) in [6.45, 7) is 5.54. The number of aryl methyl sites for hydroxylation is 3. The van der Waals surface area contributed by atoms with Gasteiger partial charge in [-0.25, -0.2) is 0 Å². The average molecular weight is 291 g/mol. The van der Waals surface area contributed by atoms with E-state index in [2.05, 4.69) is 41.9 Å². The molecule has 2 heterocycles. The third kappa shape index (κ3) is 3.93. The first-order valence-corrected chi connectivity index (χ1v) is 8.39. The van der Waals surface area contributed by atoms with E-state index in [1.54, 1.807) is 0 Å². The van der Waals surface area contributed by atoms with Gasteiger partial charge in [-0.15, -0.1) is 11.3 Å². The van der Waals surface area contributed by atoms with Gasteiger partial charge in [-0.1, -0.05) is 13.8 Å². The van der Waals surface area contributed by atoms with E-state index in [9.17, 15) is 0 Å². The summed E-state index contributed by atoms with van der Waals surface area (Å²) >= 11 is 1.89. The molecule has 0 aliphatic rings. The standard InChI is InChI=1S/C16H25N3S/c1-4-9-17-15(16-14(5-2)8-10-20-16)7-6-13-11-18-19(3)12-13/h8,10-12,15,17H,4-7,9H2,1-3H3. The number of nitrogens with zero attached hydrogens (tertiary/aromatic N) is 2. The van der Waals surface area contributed by atoms with Gasteiger partial charge in [0.2, 0.25) is 0 Å². The third-order valence-electron chi connectivity index (χ3n) is 3.60. The van der Waals surface area contributed by atoms with Crippen LogP contribution < -0.4 is 5.32 Å². The Morgan fingerprint density at radius 2 is 2.25 bits per heavy atom. The van der Waals surface area contributed by atoms with Crippen LogP contribution in [-0.4, -0.2) is 16.3 Å². The van der Waals surface area contributed by atoms with Crippen LogP contribution >= 0.6 is 11.3 Å². The largest absolute Gasteiger partial charge is 0.309 e. The highest BCUT2D eigenvalue weighted by atomic mass is 32.1. The molecule has 2 rings (SSSR count). The van der Waals surface area contributed by atoms with Crippen molar-refractivity contribution < 1.29 is 0 Å². The molecule has 0 bridgehead atoms. The topological polar surface area (TPSA) is 29.9 Å². The van der Waals surface area contributed by atoms with Gasteiger partial charge in [-0.3, -0.25) is 4.68 Å². The zero-order valence-electron chi connectivity index (χ0n) is 12.7. The summed E-state index contributed by atoms with van der Waals surface area (Å²) in [5, 5.41) is 10.2. The van der Waals surface area contributed by atoms with Crippen molar-refractivity contribution in [1.82, 2.24) is 15.1 Å². The predicted molar refractivity (Wildman–Crippen MR) is 86.3 cm³/mol. The zero-order valence-corrected chi connectivity index (χ0v) is 13.5. The second-order valence-electron chi connectivity index (χ2n) is 5.23. The lowest BCUT2D eigenvalue weighted by Crippen LogP contribution is -2.22. The number of rotatable bonds is 8. The minimum atomic E-state index is 0.477. The first kappa shape index (κ1) is 15.3. The third-order valence-corrected chi connectivity index (χ3v) is 4.67. The van der Waals surface area contributed by atoms with Gasteiger partial charge in [0.25, 0.3) is 0 Å². The molecule has 3 nitrogen and oxygen atoms in total. The fraction of sp³-hybridized carbons (Fsp3) is 0.562. The van der Waals surface area contributed by atoms with Crippen molar-refractivity contribution in [3.05, 3.63) is 39.8 Å². The van der Waals surface area contributed by atoms with E-state index in [-0.39, 0.29) is 0 Å². The molecule has 20 heavy (non-hydrogen) atoms. The van der Waals surface area contributed by atoms with E-state index in [0.29, 0.717) is 6.04 Å². The van der Waals surface area contributed by atoms with Gasteiger partial charge in [0.05, 0.1) is 6.20 Å². The Morgan fingerprint density at radius 1 is 1.40 bits per heavy atom. The summed E-state index contributed by atoms with van der Waals surface area (Å²) in [6, 6.07) is 2.75. The monoisotopic (exact) mass is 291 g/mol. The molecular formula is C16H25N3S. The van der Waals surface area contributed by atoms with Gasteiger partial charge in [0.1, 0.15) is 0 Å². The van der Waals surface area contributed by atoms with Crippen LogP contribution in [0.5, 0.6) is 0 Å². The Kier molecular flexibility index (Phi) is 5.80. The SMILES string of the molecule is CCCNC(CCc1cnn(C)c1)c1sccc1CC. The first-order chi connectivity index (χ1) is 9.74. The maximum absolute atomic E-state index is 4.25.